The summed E-state index contributed by atoms with van der Waals surface area (Å²) in [5.74, 6) is 0.628. The molecular weight excluding hydrogens is 353 g/mol. The van der Waals surface area contributed by atoms with E-state index in [4.69, 9.17) is 4.52 Å². The molecule has 0 radical (unpaired) electrons. The van der Waals surface area contributed by atoms with Crippen LogP contribution in [-0.2, 0) is 4.57 Å². The molecule has 0 spiro atoms. The summed E-state index contributed by atoms with van der Waals surface area (Å²) in [4.78, 5) is 0. The van der Waals surface area contributed by atoms with Crippen molar-refractivity contribution in [2.45, 2.75) is 6.92 Å². The molecule has 5 rings (SSSR count). The standard InChI is InChI=1S/C23H17NO2P/c1-15-5-2-3-8-20(15)24-27(25)26-21-14-12-18-10-9-16-6-4-7-17-11-13-19(21)23(18)22(16)17/h2-14H,1H3,(H,24,25)/q+1. The quantitative estimate of drug-likeness (QED) is 0.272. The van der Waals surface area contributed by atoms with E-state index in [-0.39, 0.29) is 0 Å². The summed E-state index contributed by atoms with van der Waals surface area (Å²) in [6.07, 6.45) is 0. The van der Waals surface area contributed by atoms with Gasteiger partial charge in [0.1, 0.15) is 0 Å². The molecule has 0 saturated carbocycles. The van der Waals surface area contributed by atoms with Gasteiger partial charge in [-0.15, -0.1) is 5.09 Å². The molecule has 0 aliphatic rings. The van der Waals surface area contributed by atoms with E-state index in [0.717, 1.165) is 27.4 Å². The van der Waals surface area contributed by atoms with Crippen molar-refractivity contribution in [2.24, 2.45) is 0 Å². The highest BCUT2D eigenvalue weighted by atomic mass is 31.1. The predicted molar refractivity (Wildman–Crippen MR) is 113 cm³/mol. The summed E-state index contributed by atoms with van der Waals surface area (Å²) in [5, 5.41) is 9.88. The number of aryl methyl sites for hydroxylation is 1. The van der Waals surface area contributed by atoms with Crippen LogP contribution in [0.2, 0.25) is 0 Å². The Bertz CT molecular complexity index is 1300. The maximum atomic E-state index is 12.6. The van der Waals surface area contributed by atoms with Gasteiger partial charge in [-0.25, -0.2) is 4.52 Å². The molecule has 0 aliphatic heterocycles. The molecule has 1 unspecified atom stereocenters. The first-order valence-corrected chi connectivity index (χ1v) is 10.0. The smallest absolute Gasteiger partial charge is 0.234 e. The molecule has 0 heterocycles. The van der Waals surface area contributed by atoms with Gasteiger partial charge in [-0.05, 0) is 52.2 Å². The van der Waals surface area contributed by atoms with Crippen LogP contribution < -0.4 is 9.61 Å². The van der Waals surface area contributed by atoms with E-state index in [9.17, 15) is 4.57 Å². The SMILES string of the molecule is Cc1ccccc1N[P+](=O)Oc1ccc2ccc3cccc4ccc1c2c34. The van der Waals surface area contributed by atoms with Crippen LogP contribution in [0, 0.1) is 6.92 Å². The third kappa shape index (κ3) is 2.68. The van der Waals surface area contributed by atoms with Gasteiger partial charge in [0.15, 0.2) is 5.75 Å². The molecule has 130 valence electrons. The van der Waals surface area contributed by atoms with Crippen molar-refractivity contribution in [3.63, 3.8) is 0 Å². The Morgan fingerprint density at radius 2 is 1.41 bits per heavy atom. The Balaban J connectivity index is 1.59. The lowest BCUT2D eigenvalue weighted by molar-refractivity contribution is 0.512. The van der Waals surface area contributed by atoms with Crippen LogP contribution in [0.4, 0.5) is 5.69 Å². The Labute approximate surface area is 157 Å². The Kier molecular flexibility index (Phi) is 3.70. The Morgan fingerprint density at radius 3 is 2.19 bits per heavy atom. The maximum Gasteiger partial charge on any atom is 0.694 e. The van der Waals surface area contributed by atoms with Crippen LogP contribution in [0.5, 0.6) is 5.75 Å². The highest BCUT2D eigenvalue weighted by Gasteiger charge is 2.23. The highest BCUT2D eigenvalue weighted by molar-refractivity contribution is 7.41. The highest BCUT2D eigenvalue weighted by Crippen LogP contribution is 2.41. The van der Waals surface area contributed by atoms with Gasteiger partial charge in [0.05, 0.1) is 5.69 Å². The predicted octanol–water partition coefficient (Wildman–Crippen LogP) is 7.04. The van der Waals surface area contributed by atoms with Crippen molar-refractivity contribution < 1.29 is 9.09 Å². The minimum absolute atomic E-state index is 0.628. The van der Waals surface area contributed by atoms with E-state index >= 15 is 0 Å². The number of hydrogen-bond acceptors (Lipinski definition) is 2. The molecule has 3 nitrogen and oxygen atoms in total. The maximum absolute atomic E-state index is 12.6. The molecule has 5 aromatic carbocycles. The van der Waals surface area contributed by atoms with E-state index in [1.807, 2.05) is 43.3 Å². The lowest BCUT2D eigenvalue weighted by Gasteiger charge is -2.11. The summed E-state index contributed by atoms with van der Waals surface area (Å²) in [6, 6.07) is 26.4. The van der Waals surface area contributed by atoms with Crippen LogP contribution in [0.1, 0.15) is 5.56 Å². The fourth-order valence-corrected chi connectivity index (χ4v) is 4.53. The number of benzene rings is 5. The van der Waals surface area contributed by atoms with Crippen molar-refractivity contribution in [3.05, 3.63) is 84.4 Å². The third-order valence-electron chi connectivity index (χ3n) is 5.03. The normalized spacial score (nSPS) is 12.0. The molecule has 1 atom stereocenters. The number of para-hydroxylation sites is 1. The van der Waals surface area contributed by atoms with Gasteiger partial charge in [0.25, 0.3) is 0 Å². The number of hydrogen-bond donors (Lipinski definition) is 1. The number of nitrogens with one attached hydrogen (secondary N) is 1. The molecule has 27 heavy (non-hydrogen) atoms. The van der Waals surface area contributed by atoms with Gasteiger partial charge in [0, 0.05) is 15.3 Å². The molecular formula is C23H17NO2P+. The zero-order valence-electron chi connectivity index (χ0n) is 14.8. The minimum atomic E-state index is -2.08. The van der Waals surface area contributed by atoms with Crippen molar-refractivity contribution in [1.29, 1.82) is 0 Å². The van der Waals surface area contributed by atoms with Crippen LogP contribution in [-0.4, -0.2) is 0 Å². The first kappa shape index (κ1) is 16.0. The average molecular weight is 370 g/mol. The molecule has 0 saturated heterocycles. The zero-order chi connectivity index (χ0) is 18.4. The molecule has 4 heteroatoms. The zero-order valence-corrected chi connectivity index (χ0v) is 15.7. The first-order chi connectivity index (χ1) is 13.2. The molecule has 1 N–H and O–H groups in total. The van der Waals surface area contributed by atoms with Gasteiger partial charge in [-0.2, -0.15) is 0 Å². The number of anilines is 1. The summed E-state index contributed by atoms with van der Waals surface area (Å²) >= 11 is 0. The second-order valence-electron chi connectivity index (χ2n) is 6.69. The Morgan fingerprint density at radius 1 is 0.741 bits per heavy atom. The van der Waals surface area contributed by atoms with Crippen LogP contribution in [0.25, 0.3) is 32.3 Å². The summed E-state index contributed by atoms with van der Waals surface area (Å²) in [6.45, 7) is 1.97. The summed E-state index contributed by atoms with van der Waals surface area (Å²) < 4.78 is 18.4. The number of rotatable bonds is 4. The van der Waals surface area contributed by atoms with Crippen molar-refractivity contribution in [1.82, 2.24) is 0 Å². The van der Waals surface area contributed by atoms with E-state index in [2.05, 4.69) is 47.6 Å². The second-order valence-corrected chi connectivity index (χ2v) is 7.62. The van der Waals surface area contributed by atoms with E-state index in [0.29, 0.717) is 5.75 Å². The molecule has 5 aromatic rings. The van der Waals surface area contributed by atoms with E-state index in [1.54, 1.807) is 0 Å². The third-order valence-corrected chi connectivity index (χ3v) is 5.81. The van der Waals surface area contributed by atoms with E-state index < -0.39 is 8.18 Å². The second kappa shape index (κ2) is 6.22. The average Bonchev–Trinajstić information content (AvgIpc) is 2.69. The van der Waals surface area contributed by atoms with Crippen LogP contribution in [0.15, 0.2) is 78.9 Å². The van der Waals surface area contributed by atoms with Gasteiger partial charge in [-0.3, -0.25) is 0 Å². The fraction of sp³-hybridized carbons (Fsp3) is 0.0435. The summed E-state index contributed by atoms with van der Waals surface area (Å²) in [5.41, 5.74) is 1.84. The molecule has 0 amide bonds. The van der Waals surface area contributed by atoms with Crippen LogP contribution in [0.3, 0.4) is 0 Å². The molecule has 0 fully saturated rings. The summed E-state index contributed by atoms with van der Waals surface area (Å²) in [7, 11) is -2.08. The van der Waals surface area contributed by atoms with Gasteiger partial charge >= 0.3 is 8.18 Å². The lowest BCUT2D eigenvalue weighted by atomic mass is 9.94. The first-order valence-electron chi connectivity index (χ1n) is 8.85. The Hall–Kier alpha value is -3.16. The molecule has 0 aromatic heterocycles. The van der Waals surface area contributed by atoms with Crippen molar-refractivity contribution >= 4 is 46.2 Å². The topological polar surface area (TPSA) is 38.3 Å². The van der Waals surface area contributed by atoms with Gasteiger partial charge in [0.2, 0.25) is 0 Å². The largest absolute Gasteiger partial charge is 0.694 e. The van der Waals surface area contributed by atoms with Gasteiger partial charge in [-0.1, -0.05) is 60.7 Å². The minimum Gasteiger partial charge on any atom is -0.234 e. The molecule has 0 aliphatic carbocycles. The van der Waals surface area contributed by atoms with Crippen molar-refractivity contribution in [3.8, 4) is 5.75 Å². The van der Waals surface area contributed by atoms with Gasteiger partial charge < -0.3 is 0 Å². The monoisotopic (exact) mass is 370 g/mol. The lowest BCUT2D eigenvalue weighted by Crippen LogP contribution is -1.95. The van der Waals surface area contributed by atoms with Crippen molar-refractivity contribution in [2.75, 3.05) is 5.09 Å². The van der Waals surface area contributed by atoms with E-state index in [1.165, 1.54) is 16.2 Å². The molecule has 0 bridgehead atoms. The van der Waals surface area contributed by atoms with Crippen LogP contribution >= 0.6 is 8.18 Å². The fourth-order valence-electron chi connectivity index (χ4n) is 3.70.